The van der Waals surface area contributed by atoms with Crippen molar-refractivity contribution in [2.24, 2.45) is 5.92 Å². The van der Waals surface area contributed by atoms with E-state index in [1.165, 1.54) is 12.1 Å². The van der Waals surface area contributed by atoms with Gasteiger partial charge in [0.15, 0.2) is 0 Å². The van der Waals surface area contributed by atoms with Crippen molar-refractivity contribution in [1.82, 2.24) is 14.5 Å². The Bertz CT molecular complexity index is 2070. The van der Waals surface area contributed by atoms with Crippen LogP contribution in [0.4, 0.5) is 13.2 Å². The van der Waals surface area contributed by atoms with Gasteiger partial charge in [-0.1, -0.05) is 67.4 Å². The van der Waals surface area contributed by atoms with E-state index in [9.17, 15) is 23.1 Å². The minimum absolute atomic E-state index is 0.252. The molecule has 1 N–H and O–H groups in total. The minimum Gasteiger partial charge on any atom is -0.487 e. The smallest absolute Gasteiger partial charge is 0.416 e. The van der Waals surface area contributed by atoms with Crippen LogP contribution in [0.25, 0.3) is 33.1 Å². The fourth-order valence-corrected chi connectivity index (χ4v) is 6.63. The van der Waals surface area contributed by atoms with Crippen LogP contribution in [-0.4, -0.2) is 25.6 Å². The van der Waals surface area contributed by atoms with Crippen molar-refractivity contribution in [1.29, 1.82) is 0 Å². The zero-order chi connectivity index (χ0) is 32.5. The zero-order valence-electron chi connectivity index (χ0n) is 25.5. The summed E-state index contributed by atoms with van der Waals surface area (Å²) in [5.74, 6) is -0.248. The predicted molar refractivity (Wildman–Crippen MR) is 174 cm³/mol. The average Bonchev–Trinajstić information content (AvgIpc) is 3.44. The van der Waals surface area contributed by atoms with E-state index < -0.39 is 23.6 Å². The van der Waals surface area contributed by atoms with Gasteiger partial charge in [-0.05, 0) is 72.0 Å². The maximum atomic E-state index is 13.1. The Morgan fingerprint density at radius 3 is 2.45 bits per heavy atom. The SMILES string of the molecule is O=C(O)[C@@H]1CCCC[C@@H]1c1nc2cc(OCc3ccc4ccccc4n3)ccc2n1Cc1cccc(-c2ccc(C(F)(F)F)cc2)c1. The molecule has 7 rings (SSSR count). The molecule has 1 aliphatic carbocycles. The molecule has 1 saturated carbocycles. The molecule has 2 aromatic heterocycles. The van der Waals surface area contributed by atoms with E-state index in [1.807, 2.05) is 78.9 Å². The lowest BCUT2D eigenvalue weighted by Crippen LogP contribution is -2.27. The number of benzene rings is 4. The van der Waals surface area contributed by atoms with Crippen LogP contribution in [0.5, 0.6) is 5.75 Å². The van der Waals surface area contributed by atoms with Gasteiger partial charge in [-0.15, -0.1) is 0 Å². The molecule has 4 aromatic carbocycles. The second-order valence-corrected chi connectivity index (χ2v) is 12.1. The summed E-state index contributed by atoms with van der Waals surface area (Å²) < 4.78 is 47.6. The van der Waals surface area contributed by atoms with Crippen molar-refractivity contribution in [3.05, 3.63) is 126 Å². The molecule has 1 aliphatic rings. The van der Waals surface area contributed by atoms with Crippen LogP contribution in [0.2, 0.25) is 0 Å². The Labute approximate surface area is 269 Å². The number of alkyl halides is 3. The van der Waals surface area contributed by atoms with Gasteiger partial charge < -0.3 is 14.4 Å². The third-order valence-electron chi connectivity index (χ3n) is 9.02. The highest BCUT2D eigenvalue weighted by Gasteiger charge is 2.35. The molecule has 2 atom stereocenters. The summed E-state index contributed by atoms with van der Waals surface area (Å²) in [4.78, 5) is 22.1. The van der Waals surface area contributed by atoms with Gasteiger partial charge in [0, 0.05) is 23.9 Å². The third-order valence-corrected chi connectivity index (χ3v) is 9.02. The second kappa shape index (κ2) is 12.5. The Hall–Kier alpha value is -5.18. The number of rotatable bonds is 8. The van der Waals surface area contributed by atoms with Crippen molar-refractivity contribution in [2.45, 2.75) is 50.9 Å². The number of hydrogen-bond donors (Lipinski definition) is 1. The third kappa shape index (κ3) is 6.43. The summed E-state index contributed by atoms with van der Waals surface area (Å²) in [5.41, 5.74) is 4.96. The molecule has 47 heavy (non-hydrogen) atoms. The van der Waals surface area contributed by atoms with Gasteiger partial charge in [0.05, 0.1) is 33.7 Å². The summed E-state index contributed by atoms with van der Waals surface area (Å²) in [6.45, 7) is 0.703. The summed E-state index contributed by atoms with van der Waals surface area (Å²) in [5, 5.41) is 11.2. The molecule has 6 aromatic rings. The summed E-state index contributed by atoms with van der Waals surface area (Å²) in [6, 6.07) is 30.4. The number of carboxylic acid groups (broad SMARTS) is 1. The molecule has 0 bridgehead atoms. The average molecular weight is 636 g/mol. The molecule has 238 valence electrons. The number of imidazole rings is 1. The lowest BCUT2D eigenvalue weighted by molar-refractivity contribution is -0.143. The van der Waals surface area contributed by atoms with Crippen molar-refractivity contribution in [3.63, 3.8) is 0 Å². The number of pyridine rings is 1. The number of para-hydroxylation sites is 1. The highest BCUT2D eigenvalue weighted by molar-refractivity contribution is 5.80. The van der Waals surface area contributed by atoms with Crippen LogP contribution >= 0.6 is 0 Å². The maximum absolute atomic E-state index is 13.1. The van der Waals surface area contributed by atoms with Gasteiger partial charge in [0.2, 0.25) is 0 Å². The van der Waals surface area contributed by atoms with E-state index in [2.05, 4.69) is 4.57 Å². The maximum Gasteiger partial charge on any atom is 0.416 e. The topological polar surface area (TPSA) is 77.2 Å². The van der Waals surface area contributed by atoms with Crippen LogP contribution in [0, 0.1) is 5.92 Å². The standard InChI is InChI=1S/C38H32F3N3O3/c39-38(40,41)28-15-12-25(13-16-28)27-8-5-6-24(20-27)22-44-35-19-18-30(47-23-29-17-14-26-7-1-4-11-33(26)42-29)21-34(35)43-36(44)31-9-2-3-10-32(31)37(45)46/h1,4-8,11-21,31-32H,2-3,9-10,22-23H2,(H,45,46)/t31-,32+/m0/s1. The molecule has 1 fully saturated rings. The first kappa shape index (κ1) is 30.5. The fraction of sp³-hybridized carbons (Fsp3) is 0.237. The fourth-order valence-electron chi connectivity index (χ4n) is 6.63. The van der Waals surface area contributed by atoms with E-state index >= 15 is 0 Å². The molecule has 2 heterocycles. The highest BCUT2D eigenvalue weighted by atomic mass is 19.4. The van der Waals surface area contributed by atoms with Gasteiger partial charge in [-0.3, -0.25) is 4.79 Å². The molecule has 6 nitrogen and oxygen atoms in total. The van der Waals surface area contributed by atoms with E-state index in [4.69, 9.17) is 14.7 Å². The monoisotopic (exact) mass is 635 g/mol. The number of nitrogens with zero attached hydrogens (tertiary/aromatic N) is 3. The van der Waals surface area contributed by atoms with Crippen LogP contribution in [0.15, 0.2) is 103 Å². The van der Waals surface area contributed by atoms with Crippen LogP contribution < -0.4 is 4.74 Å². The molecule has 0 unspecified atom stereocenters. The van der Waals surface area contributed by atoms with E-state index in [1.54, 1.807) is 0 Å². The van der Waals surface area contributed by atoms with Crippen molar-refractivity contribution in [3.8, 4) is 16.9 Å². The molecular weight excluding hydrogens is 603 g/mol. The van der Waals surface area contributed by atoms with E-state index in [-0.39, 0.29) is 12.5 Å². The number of hydrogen-bond acceptors (Lipinski definition) is 4. The Morgan fingerprint density at radius 1 is 0.830 bits per heavy atom. The first-order chi connectivity index (χ1) is 22.7. The van der Waals surface area contributed by atoms with Crippen LogP contribution in [0.3, 0.4) is 0 Å². The van der Waals surface area contributed by atoms with E-state index in [0.717, 1.165) is 70.5 Å². The first-order valence-electron chi connectivity index (χ1n) is 15.7. The molecule has 0 spiro atoms. The Balaban J connectivity index is 1.21. The largest absolute Gasteiger partial charge is 0.487 e. The Kier molecular flexibility index (Phi) is 8.14. The molecule has 0 amide bonds. The van der Waals surface area contributed by atoms with Gasteiger partial charge in [-0.25, -0.2) is 9.97 Å². The van der Waals surface area contributed by atoms with Crippen molar-refractivity contribution < 1.29 is 27.8 Å². The molecular formula is C38H32F3N3O3. The van der Waals surface area contributed by atoms with E-state index in [0.29, 0.717) is 29.8 Å². The number of aliphatic carboxylic acids is 1. The van der Waals surface area contributed by atoms with Crippen molar-refractivity contribution >= 4 is 27.9 Å². The Morgan fingerprint density at radius 2 is 1.64 bits per heavy atom. The highest BCUT2D eigenvalue weighted by Crippen LogP contribution is 2.40. The number of carbonyl (C=O) groups is 1. The quantitative estimate of drug-likeness (QED) is 0.180. The summed E-state index contributed by atoms with van der Waals surface area (Å²) >= 11 is 0. The lowest BCUT2D eigenvalue weighted by Gasteiger charge is -2.28. The number of halogens is 3. The lowest BCUT2D eigenvalue weighted by atomic mass is 9.78. The second-order valence-electron chi connectivity index (χ2n) is 12.1. The van der Waals surface area contributed by atoms with Gasteiger partial charge in [-0.2, -0.15) is 13.2 Å². The van der Waals surface area contributed by atoms with Gasteiger partial charge in [0.25, 0.3) is 0 Å². The molecule has 0 saturated heterocycles. The summed E-state index contributed by atoms with van der Waals surface area (Å²) in [6.07, 6.45) is -1.29. The van der Waals surface area contributed by atoms with Crippen LogP contribution in [-0.2, 0) is 24.1 Å². The molecule has 0 radical (unpaired) electrons. The normalized spacial score (nSPS) is 16.8. The number of aromatic nitrogens is 3. The van der Waals surface area contributed by atoms with Crippen molar-refractivity contribution in [2.75, 3.05) is 0 Å². The van der Waals surface area contributed by atoms with Gasteiger partial charge in [0.1, 0.15) is 18.2 Å². The predicted octanol–water partition coefficient (Wildman–Crippen LogP) is 9.26. The van der Waals surface area contributed by atoms with Gasteiger partial charge >= 0.3 is 12.1 Å². The number of ether oxygens (including phenoxy) is 1. The first-order valence-corrected chi connectivity index (χ1v) is 15.7. The summed E-state index contributed by atoms with van der Waals surface area (Å²) in [7, 11) is 0. The minimum atomic E-state index is -4.40. The zero-order valence-corrected chi connectivity index (χ0v) is 25.5. The number of carboxylic acids is 1. The number of fused-ring (bicyclic) bond motifs is 2. The molecule has 9 heteroatoms. The van der Waals surface area contributed by atoms with Crippen LogP contribution in [0.1, 0.15) is 54.2 Å². The molecule has 0 aliphatic heterocycles.